The molecule has 0 aliphatic carbocycles. The molecule has 0 amide bonds. The molecule has 0 aliphatic rings. The standard InChI is InChI=1S/C8H12O4/c1-4-12-8(10)7(9)6(2)5-11-3/h5H,4H2,1-3H3. The third-order valence-corrected chi connectivity index (χ3v) is 1.11. The van der Waals surface area contributed by atoms with Crippen molar-refractivity contribution in [2.45, 2.75) is 13.8 Å². The Balaban J connectivity index is 4.19. The van der Waals surface area contributed by atoms with Crippen LogP contribution in [-0.4, -0.2) is 25.5 Å². The number of Topliss-reactive ketones (excluding diaryl/α,β-unsaturated/α-hetero) is 1. The monoisotopic (exact) mass is 172 g/mol. The Morgan fingerprint density at radius 1 is 1.42 bits per heavy atom. The van der Waals surface area contributed by atoms with Gasteiger partial charge in [0.2, 0.25) is 0 Å². The molecule has 0 aromatic carbocycles. The Labute approximate surface area is 71.2 Å². The molecule has 4 heteroatoms. The zero-order valence-corrected chi connectivity index (χ0v) is 7.42. The molecule has 0 atom stereocenters. The number of ketones is 1. The lowest BCUT2D eigenvalue weighted by molar-refractivity contribution is -0.151. The first-order valence-corrected chi connectivity index (χ1v) is 3.54. The molecular formula is C8H12O4. The molecule has 0 unspecified atom stereocenters. The SMILES string of the molecule is CCOC(=O)C(=O)C(C)=COC. The lowest BCUT2D eigenvalue weighted by atomic mass is 10.2. The van der Waals surface area contributed by atoms with E-state index in [4.69, 9.17) is 0 Å². The van der Waals surface area contributed by atoms with Crippen molar-refractivity contribution in [3.05, 3.63) is 11.8 Å². The first kappa shape index (κ1) is 10.7. The Hall–Kier alpha value is -1.32. The fourth-order valence-corrected chi connectivity index (χ4v) is 0.588. The number of rotatable bonds is 4. The van der Waals surface area contributed by atoms with Gasteiger partial charge in [0, 0.05) is 5.57 Å². The smallest absolute Gasteiger partial charge is 0.379 e. The van der Waals surface area contributed by atoms with Crippen LogP contribution in [0.5, 0.6) is 0 Å². The van der Waals surface area contributed by atoms with Crippen LogP contribution >= 0.6 is 0 Å². The summed E-state index contributed by atoms with van der Waals surface area (Å²) in [4.78, 5) is 21.8. The maximum atomic E-state index is 11.0. The summed E-state index contributed by atoms with van der Waals surface area (Å²) in [6, 6.07) is 0. The molecule has 0 spiro atoms. The van der Waals surface area contributed by atoms with E-state index in [0.29, 0.717) is 0 Å². The third-order valence-electron chi connectivity index (χ3n) is 1.11. The van der Waals surface area contributed by atoms with Gasteiger partial charge in [-0.3, -0.25) is 4.79 Å². The van der Waals surface area contributed by atoms with Gasteiger partial charge in [-0.15, -0.1) is 0 Å². The van der Waals surface area contributed by atoms with Crippen LogP contribution in [0.25, 0.3) is 0 Å². The molecule has 0 rings (SSSR count). The molecule has 0 heterocycles. The molecule has 0 N–H and O–H groups in total. The number of hydrogen-bond donors (Lipinski definition) is 0. The highest BCUT2D eigenvalue weighted by atomic mass is 16.5. The largest absolute Gasteiger partial charge is 0.504 e. The Morgan fingerprint density at radius 3 is 2.42 bits per heavy atom. The zero-order valence-electron chi connectivity index (χ0n) is 7.42. The Kier molecular flexibility index (Phi) is 4.76. The predicted octanol–water partition coefficient (Wildman–Crippen LogP) is 0.669. The van der Waals surface area contributed by atoms with Crippen LogP contribution in [0.1, 0.15) is 13.8 Å². The molecule has 0 fully saturated rings. The number of ether oxygens (including phenoxy) is 2. The summed E-state index contributed by atoms with van der Waals surface area (Å²) in [7, 11) is 1.40. The number of esters is 1. The summed E-state index contributed by atoms with van der Waals surface area (Å²) in [5.74, 6) is -1.51. The summed E-state index contributed by atoms with van der Waals surface area (Å²) in [5.41, 5.74) is 0.232. The molecule has 68 valence electrons. The highest BCUT2D eigenvalue weighted by Gasteiger charge is 2.16. The van der Waals surface area contributed by atoms with E-state index in [1.807, 2.05) is 0 Å². The molecule has 0 aromatic rings. The van der Waals surface area contributed by atoms with Gasteiger partial charge in [-0.1, -0.05) is 0 Å². The Morgan fingerprint density at radius 2 is 2.00 bits per heavy atom. The van der Waals surface area contributed by atoms with Crippen LogP contribution in [0.4, 0.5) is 0 Å². The van der Waals surface area contributed by atoms with Crippen LogP contribution in [0, 0.1) is 0 Å². The van der Waals surface area contributed by atoms with Crippen molar-refractivity contribution in [3.8, 4) is 0 Å². The fraction of sp³-hybridized carbons (Fsp3) is 0.500. The molecule has 0 saturated heterocycles. The van der Waals surface area contributed by atoms with Gasteiger partial charge in [0.1, 0.15) is 0 Å². The molecule has 0 radical (unpaired) electrons. The second-order valence-corrected chi connectivity index (χ2v) is 2.09. The minimum absolute atomic E-state index is 0.199. The molecule has 0 saturated carbocycles. The van der Waals surface area contributed by atoms with Gasteiger partial charge in [-0.05, 0) is 13.8 Å². The van der Waals surface area contributed by atoms with Crippen molar-refractivity contribution in [2.75, 3.05) is 13.7 Å². The maximum absolute atomic E-state index is 11.0. The maximum Gasteiger partial charge on any atom is 0.379 e. The Bertz CT molecular complexity index is 205. The summed E-state index contributed by atoms with van der Waals surface area (Å²) in [6.45, 7) is 3.33. The van der Waals surface area contributed by atoms with Crippen LogP contribution in [0.2, 0.25) is 0 Å². The van der Waals surface area contributed by atoms with Crippen molar-refractivity contribution >= 4 is 11.8 Å². The van der Waals surface area contributed by atoms with Crippen molar-refractivity contribution in [1.82, 2.24) is 0 Å². The van der Waals surface area contributed by atoms with E-state index < -0.39 is 11.8 Å². The molecule has 0 aromatic heterocycles. The highest BCUT2D eigenvalue weighted by Crippen LogP contribution is 1.96. The lowest BCUT2D eigenvalue weighted by Crippen LogP contribution is -2.18. The van der Waals surface area contributed by atoms with E-state index in [-0.39, 0.29) is 12.2 Å². The van der Waals surface area contributed by atoms with E-state index in [2.05, 4.69) is 9.47 Å². The van der Waals surface area contributed by atoms with Crippen LogP contribution < -0.4 is 0 Å². The summed E-state index contributed by atoms with van der Waals surface area (Å²) in [6.07, 6.45) is 1.21. The summed E-state index contributed by atoms with van der Waals surface area (Å²) < 4.78 is 9.05. The minimum atomic E-state index is -0.844. The summed E-state index contributed by atoms with van der Waals surface area (Å²) >= 11 is 0. The van der Waals surface area contributed by atoms with Gasteiger partial charge in [0.15, 0.2) is 0 Å². The molecular weight excluding hydrogens is 160 g/mol. The van der Waals surface area contributed by atoms with E-state index in [9.17, 15) is 9.59 Å². The van der Waals surface area contributed by atoms with Gasteiger partial charge < -0.3 is 9.47 Å². The quantitative estimate of drug-likeness (QED) is 0.270. The zero-order chi connectivity index (χ0) is 9.56. The third kappa shape index (κ3) is 3.18. The van der Waals surface area contributed by atoms with Gasteiger partial charge in [0.05, 0.1) is 20.0 Å². The minimum Gasteiger partial charge on any atom is -0.504 e. The predicted molar refractivity (Wildman–Crippen MR) is 42.4 cm³/mol. The number of methoxy groups -OCH3 is 1. The second-order valence-electron chi connectivity index (χ2n) is 2.09. The van der Waals surface area contributed by atoms with Crippen molar-refractivity contribution in [2.24, 2.45) is 0 Å². The van der Waals surface area contributed by atoms with Crippen molar-refractivity contribution in [3.63, 3.8) is 0 Å². The number of hydrogen-bond acceptors (Lipinski definition) is 4. The molecule has 12 heavy (non-hydrogen) atoms. The van der Waals surface area contributed by atoms with Crippen LogP contribution in [0.3, 0.4) is 0 Å². The normalized spacial score (nSPS) is 10.8. The topological polar surface area (TPSA) is 52.6 Å². The van der Waals surface area contributed by atoms with Gasteiger partial charge in [-0.25, -0.2) is 4.79 Å². The highest BCUT2D eigenvalue weighted by molar-refractivity contribution is 6.40. The van der Waals surface area contributed by atoms with Crippen molar-refractivity contribution in [1.29, 1.82) is 0 Å². The van der Waals surface area contributed by atoms with E-state index in [0.717, 1.165) is 0 Å². The van der Waals surface area contributed by atoms with Gasteiger partial charge in [-0.2, -0.15) is 0 Å². The number of carbonyl (C=O) groups is 2. The van der Waals surface area contributed by atoms with Crippen LogP contribution in [0.15, 0.2) is 11.8 Å². The molecule has 0 bridgehead atoms. The van der Waals surface area contributed by atoms with E-state index in [1.165, 1.54) is 20.3 Å². The average molecular weight is 172 g/mol. The first-order valence-electron chi connectivity index (χ1n) is 3.54. The van der Waals surface area contributed by atoms with E-state index >= 15 is 0 Å². The average Bonchev–Trinajstić information content (AvgIpc) is 2.04. The first-order chi connectivity index (χ1) is 5.63. The second kappa shape index (κ2) is 5.35. The molecule has 0 aliphatic heterocycles. The fourth-order valence-electron chi connectivity index (χ4n) is 0.588. The van der Waals surface area contributed by atoms with Gasteiger partial charge in [0.25, 0.3) is 5.78 Å². The number of carbonyl (C=O) groups excluding carboxylic acids is 2. The van der Waals surface area contributed by atoms with E-state index in [1.54, 1.807) is 6.92 Å². The lowest BCUT2D eigenvalue weighted by Gasteiger charge is -1.99. The van der Waals surface area contributed by atoms with Crippen molar-refractivity contribution < 1.29 is 19.1 Å². The molecule has 4 nitrogen and oxygen atoms in total. The van der Waals surface area contributed by atoms with Crippen LogP contribution in [-0.2, 0) is 19.1 Å². The summed E-state index contributed by atoms with van der Waals surface area (Å²) in [5, 5.41) is 0. The van der Waals surface area contributed by atoms with Gasteiger partial charge >= 0.3 is 5.97 Å².